The van der Waals surface area contributed by atoms with E-state index in [9.17, 15) is 14.4 Å². The molecule has 0 aromatic rings. The fourth-order valence-electron chi connectivity index (χ4n) is 10.3. The van der Waals surface area contributed by atoms with Crippen molar-refractivity contribution in [3.63, 3.8) is 0 Å². The third kappa shape index (κ3) is 65.8. The van der Waals surface area contributed by atoms with E-state index < -0.39 is 6.10 Å². The number of carbonyl (C=O) groups is 3. The van der Waals surface area contributed by atoms with Gasteiger partial charge in [0.05, 0.1) is 0 Å². The van der Waals surface area contributed by atoms with E-state index in [4.69, 9.17) is 14.2 Å². The zero-order valence-electron chi connectivity index (χ0n) is 52.9. The summed E-state index contributed by atoms with van der Waals surface area (Å²) < 4.78 is 16.9. The van der Waals surface area contributed by atoms with Crippen LogP contribution in [-0.2, 0) is 28.6 Å². The van der Waals surface area contributed by atoms with Gasteiger partial charge in [-0.05, 0) is 77.0 Å². The smallest absolute Gasteiger partial charge is 0.306 e. The molecule has 1 atom stereocenters. The van der Waals surface area contributed by atoms with Crippen molar-refractivity contribution in [3.05, 3.63) is 60.8 Å². The Morgan fingerprint density at radius 2 is 0.519 bits per heavy atom. The van der Waals surface area contributed by atoms with Crippen LogP contribution >= 0.6 is 0 Å². The Balaban J connectivity index is 4.09. The highest BCUT2D eigenvalue weighted by Gasteiger charge is 2.19. The third-order valence-corrected chi connectivity index (χ3v) is 15.5. The summed E-state index contributed by atoms with van der Waals surface area (Å²) in [5.41, 5.74) is 0. The molecule has 0 N–H and O–H groups in total. The molecule has 79 heavy (non-hydrogen) atoms. The number of unbranched alkanes of at least 4 members (excludes halogenated alkanes) is 43. The average Bonchev–Trinajstić information content (AvgIpc) is 3.45. The first-order chi connectivity index (χ1) is 39.0. The molecule has 6 nitrogen and oxygen atoms in total. The Hall–Kier alpha value is -2.89. The summed E-state index contributed by atoms with van der Waals surface area (Å²) in [6, 6.07) is 0. The van der Waals surface area contributed by atoms with Crippen molar-refractivity contribution in [2.75, 3.05) is 13.2 Å². The SMILES string of the molecule is CC/C=C\C/C=C\C/C=C\C/C=C\CCCCCCCCC(=O)OC(COC(=O)CCCCCCC/C=C\CCC)COC(=O)CCCCCCCCCCCCCCCCCCCCCCCCCCCCCCCCCC. The Morgan fingerprint density at radius 3 is 0.835 bits per heavy atom. The topological polar surface area (TPSA) is 78.9 Å². The Kier molecular flexibility index (Phi) is 65.1. The van der Waals surface area contributed by atoms with Gasteiger partial charge >= 0.3 is 17.9 Å². The highest BCUT2D eigenvalue weighted by Crippen LogP contribution is 2.18. The quantitative estimate of drug-likeness (QED) is 0.0261. The minimum atomic E-state index is -0.785. The van der Waals surface area contributed by atoms with Crippen LogP contribution in [0.25, 0.3) is 0 Å². The molecular formula is C73H132O6. The summed E-state index contributed by atoms with van der Waals surface area (Å²) in [5.74, 6) is -0.888. The van der Waals surface area contributed by atoms with Crippen LogP contribution in [0.15, 0.2) is 60.8 Å². The molecule has 0 bridgehead atoms. The Morgan fingerprint density at radius 1 is 0.266 bits per heavy atom. The number of hydrogen-bond donors (Lipinski definition) is 0. The zero-order valence-corrected chi connectivity index (χ0v) is 52.9. The van der Waals surface area contributed by atoms with E-state index >= 15 is 0 Å². The molecule has 0 heterocycles. The second kappa shape index (κ2) is 67.6. The number of rotatable bonds is 64. The highest BCUT2D eigenvalue weighted by atomic mass is 16.6. The first kappa shape index (κ1) is 76.1. The maximum atomic E-state index is 12.9. The number of carbonyl (C=O) groups excluding carboxylic acids is 3. The predicted octanol–water partition coefficient (Wildman–Crippen LogP) is 23.9. The predicted molar refractivity (Wildman–Crippen MR) is 344 cm³/mol. The van der Waals surface area contributed by atoms with Crippen LogP contribution in [0.1, 0.15) is 367 Å². The number of esters is 3. The molecule has 0 aliphatic carbocycles. The molecule has 0 saturated heterocycles. The lowest BCUT2D eigenvalue weighted by Crippen LogP contribution is -2.30. The van der Waals surface area contributed by atoms with Crippen molar-refractivity contribution in [3.8, 4) is 0 Å². The number of allylic oxidation sites excluding steroid dienone is 10. The van der Waals surface area contributed by atoms with Crippen molar-refractivity contribution >= 4 is 17.9 Å². The molecular weight excluding hydrogens is 973 g/mol. The first-order valence-corrected chi connectivity index (χ1v) is 34.8. The van der Waals surface area contributed by atoms with E-state index in [2.05, 4.69) is 81.5 Å². The van der Waals surface area contributed by atoms with Gasteiger partial charge in [-0.2, -0.15) is 0 Å². The monoisotopic (exact) mass is 1110 g/mol. The molecule has 0 rings (SSSR count). The minimum Gasteiger partial charge on any atom is -0.462 e. The molecule has 0 aromatic carbocycles. The largest absolute Gasteiger partial charge is 0.462 e. The van der Waals surface area contributed by atoms with Gasteiger partial charge in [-0.15, -0.1) is 0 Å². The maximum absolute atomic E-state index is 12.9. The van der Waals surface area contributed by atoms with Gasteiger partial charge in [0, 0.05) is 19.3 Å². The van der Waals surface area contributed by atoms with E-state index in [1.165, 1.54) is 218 Å². The third-order valence-electron chi connectivity index (χ3n) is 15.5. The van der Waals surface area contributed by atoms with Crippen molar-refractivity contribution < 1.29 is 28.6 Å². The molecule has 0 saturated carbocycles. The molecule has 0 fully saturated rings. The summed E-state index contributed by atoms with van der Waals surface area (Å²) in [6.45, 7) is 6.50. The zero-order chi connectivity index (χ0) is 57.1. The van der Waals surface area contributed by atoms with Gasteiger partial charge in [-0.25, -0.2) is 0 Å². The van der Waals surface area contributed by atoms with Crippen molar-refractivity contribution in [1.29, 1.82) is 0 Å². The number of hydrogen-bond acceptors (Lipinski definition) is 6. The second-order valence-corrected chi connectivity index (χ2v) is 23.4. The molecule has 0 aliphatic rings. The van der Waals surface area contributed by atoms with Crippen LogP contribution in [-0.4, -0.2) is 37.2 Å². The maximum Gasteiger partial charge on any atom is 0.306 e. The summed E-state index contributed by atoms with van der Waals surface area (Å²) in [6.07, 6.45) is 87.1. The molecule has 0 amide bonds. The molecule has 0 aromatic heterocycles. The van der Waals surface area contributed by atoms with Gasteiger partial charge in [0.1, 0.15) is 13.2 Å². The van der Waals surface area contributed by atoms with Crippen LogP contribution < -0.4 is 0 Å². The molecule has 0 spiro atoms. The molecule has 1 unspecified atom stereocenters. The Bertz CT molecular complexity index is 1410. The van der Waals surface area contributed by atoms with E-state index in [0.29, 0.717) is 19.3 Å². The average molecular weight is 1110 g/mol. The minimum absolute atomic E-state index is 0.0799. The summed E-state index contributed by atoms with van der Waals surface area (Å²) in [5, 5.41) is 0. The van der Waals surface area contributed by atoms with Crippen LogP contribution in [0.5, 0.6) is 0 Å². The van der Waals surface area contributed by atoms with Gasteiger partial charge in [0.15, 0.2) is 6.10 Å². The van der Waals surface area contributed by atoms with Crippen molar-refractivity contribution in [2.24, 2.45) is 0 Å². The van der Waals surface area contributed by atoms with Crippen LogP contribution in [0.3, 0.4) is 0 Å². The van der Waals surface area contributed by atoms with Gasteiger partial charge in [-0.1, -0.05) is 332 Å². The molecule has 0 radical (unpaired) electrons. The first-order valence-electron chi connectivity index (χ1n) is 34.8. The molecule has 460 valence electrons. The standard InChI is InChI=1S/C73H132O6/c1-4-7-10-13-16-19-22-24-26-28-30-31-32-33-34-35-36-37-38-39-40-41-42-44-45-47-49-51-54-57-60-63-66-72(75)78-69-70(68-77-71(74)65-62-59-56-53-21-18-15-12-9-6-3)79-73(76)67-64-61-58-55-52-50-48-46-43-29-27-25-23-20-17-14-11-8-5-2/h8,11-12,15,17,20,25,27,43,46,70H,4-7,9-10,13-14,16,18-19,21-24,26,28-42,44-45,47-69H2,1-3H3/b11-8-,15-12-,20-17-,27-25-,46-43-. The fourth-order valence-corrected chi connectivity index (χ4v) is 10.3. The fraction of sp³-hybridized carbons (Fsp3) is 0.822. The van der Waals surface area contributed by atoms with Gasteiger partial charge in [-0.3, -0.25) is 14.4 Å². The molecule has 0 aliphatic heterocycles. The lowest BCUT2D eigenvalue weighted by molar-refractivity contribution is -0.167. The molecule has 6 heteroatoms. The van der Waals surface area contributed by atoms with Gasteiger partial charge < -0.3 is 14.2 Å². The summed E-state index contributed by atoms with van der Waals surface area (Å²) >= 11 is 0. The van der Waals surface area contributed by atoms with E-state index in [-0.39, 0.29) is 31.1 Å². The normalized spacial score (nSPS) is 12.4. The van der Waals surface area contributed by atoms with Crippen LogP contribution in [0.4, 0.5) is 0 Å². The summed E-state index contributed by atoms with van der Waals surface area (Å²) in [7, 11) is 0. The van der Waals surface area contributed by atoms with E-state index in [0.717, 1.165) is 109 Å². The highest BCUT2D eigenvalue weighted by molar-refractivity contribution is 5.71. The number of ether oxygens (including phenoxy) is 3. The lowest BCUT2D eigenvalue weighted by atomic mass is 10.0. The summed E-state index contributed by atoms with van der Waals surface area (Å²) in [4.78, 5) is 38.3. The van der Waals surface area contributed by atoms with Crippen LogP contribution in [0, 0.1) is 0 Å². The van der Waals surface area contributed by atoms with Gasteiger partial charge in [0.2, 0.25) is 0 Å². The van der Waals surface area contributed by atoms with E-state index in [1.807, 2.05) is 0 Å². The van der Waals surface area contributed by atoms with E-state index in [1.54, 1.807) is 0 Å². The van der Waals surface area contributed by atoms with Crippen molar-refractivity contribution in [1.82, 2.24) is 0 Å². The lowest BCUT2D eigenvalue weighted by Gasteiger charge is -2.18. The van der Waals surface area contributed by atoms with Gasteiger partial charge in [0.25, 0.3) is 0 Å². The second-order valence-electron chi connectivity index (χ2n) is 23.4. The van der Waals surface area contributed by atoms with Crippen LogP contribution in [0.2, 0.25) is 0 Å². The van der Waals surface area contributed by atoms with Crippen molar-refractivity contribution in [2.45, 2.75) is 374 Å². The Labute approximate surface area is 491 Å².